The third kappa shape index (κ3) is 5.49. The first-order valence-electron chi connectivity index (χ1n) is 3.39. The molecular weight excluding hydrogens is 311 g/mol. The zero-order valence-corrected chi connectivity index (χ0v) is 10.5. The van der Waals surface area contributed by atoms with Gasteiger partial charge < -0.3 is 9.79 Å². The Hall–Kier alpha value is 0.850. The van der Waals surface area contributed by atoms with Crippen molar-refractivity contribution in [2.45, 2.75) is 12.8 Å². The van der Waals surface area contributed by atoms with E-state index in [4.69, 9.17) is 9.79 Å². The molecule has 0 amide bonds. The minimum Gasteiger partial charge on any atom is -0.321 e. The molecule has 2 N–H and O–H groups in total. The fourth-order valence-electron chi connectivity index (χ4n) is 0.685. The summed E-state index contributed by atoms with van der Waals surface area (Å²) in [5.74, 6) is 0. The van der Waals surface area contributed by atoms with E-state index in [0.717, 1.165) is 5.33 Å². The first-order chi connectivity index (χ1) is 5.52. The fourth-order valence-corrected chi connectivity index (χ4v) is 2.42. The van der Waals surface area contributed by atoms with E-state index in [-0.39, 0.29) is 5.31 Å². The summed E-state index contributed by atoms with van der Waals surface area (Å²) in [6.45, 7) is 0. The van der Waals surface area contributed by atoms with E-state index in [2.05, 4.69) is 31.9 Å². The van der Waals surface area contributed by atoms with Crippen LogP contribution >= 0.6 is 39.5 Å². The van der Waals surface area contributed by atoms with Crippen molar-refractivity contribution in [3.8, 4) is 0 Å². The van der Waals surface area contributed by atoms with E-state index in [0.29, 0.717) is 18.2 Å². The van der Waals surface area contributed by atoms with Gasteiger partial charge in [0, 0.05) is 16.0 Å². The summed E-state index contributed by atoms with van der Waals surface area (Å²) >= 11 is 6.32. The predicted octanol–water partition coefficient (Wildman–Crippen LogP) is 2.62. The van der Waals surface area contributed by atoms with Crippen molar-refractivity contribution < 1.29 is 14.4 Å². The van der Waals surface area contributed by atoms with Crippen LogP contribution in [0.1, 0.15) is 12.8 Å². The zero-order valence-electron chi connectivity index (χ0n) is 6.41. The van der Waals surface area contributed by atoms with Crippen LogP contribution in [0, 0.1) is 0 Å². The minimum atomic E-state index is -4.01. The number of rotatable bonds is 5. The van der Waals surface area contributed by atoms with Crippen LogP contribution in [0.25, 0.3) is 0 Å². The number of hydrogen-bond acceptors (Lipinski definition) is 1. The quantitative estimate of drug-likeness (QED) is 0.604. The van der Waals surface area contributed by atoms with Gasteiger partial charge in [0.2, 0.25) is 0 Å². The van der Waals surface area contributed by atoms with Crippen molar-refractivity contribution in [1.29, 1.82) is 0 Å². The summed E-state index contributed by atoms with van der Waals surface area (Å²) in [6, 6.07) is 0. The lowest BCUT2D eigenvalue weighted by molar-refractivity contribution is 0.381. The van der Waals surface area contributed by atoms with Crippen LogP contribution in [0.15, 0.2) is 11.4 Å². The van der Waals surface area contributed by atoms with Gasteiger partial charge in [-0.3, -0.25) is 4.57 Å². The highest BCUT2D eigenvalue weighted by molar-refractivity contribution is 9.09. The van der Waals surface area contributed by atoms with E-state index in [9.17, 15) is 4.57 Å². The van der Waals surface area contributed by atoms with Gasteiger partial charge in [0.1, 0.15) is 0 Å². The van der Waals surface area contributed by atoms with E-state index < -0.39 is 7.60 Å². The number of hydrogen-bond donors (Lipinski definition) is 2. The van der Waals surface area contributed by atoms with Crippen LogP contribution in [-0.2, 0) is 4.57 Å². The predicted molar refractivity (Wildman–Crippen MR) is 56.9 cm³/mol. The van der Waals surface area contributed by atoms with Crippen molar-refractivity contribution in [1.82, 2.24) is 0 Å². The smallest absolute Gasteiger partial charge is 0.321 e. The molecule has 0 bridgehead atoms. The van der Waals surface area contributed by atoms with Crippen LogP contribution in [0.4, 0.5) is 0 Å². The van der Waals surface area contributed by atoms with Gasteiger partial charge in [-0.1, -0.05) is 37.9 Å². The summed E-state index contributed by atoms with van der Waals surface area (Å²) < 4.78 is 10.8. The molecule has 0 radical (unpaired) electrons. The van der Waals surface area contributed by atoms with E-state index in [1.54, 1.807) is 6.08 Å². The second kappa shape index (κ2) is 6.33. The van der Waals surface area contributed by atoms with Gasteiger partial charge >= 0.3 is 7.60 Å². The molecule has 0 aromatic heterocycles. The summed E-state index contributed by atoms with van der Waals surface area (Å²) in [5.41, 5.74) is 0. The van der Waals surface area contributed by atoms with Crippen molar-refractivity contribution in [2.75, 3.05) is 10.7 Å². The minimum absolute atomic E-state index is 0.221. The SMILES string of the molecule is O=P(O)(O)/C(=C\CCBr)CCBr. The summed E-state index contributed by atoms with van der Waals surface area (Å²) in [5, 5.41) is 1.52. The molecule has 0 spiro atoms. The van der Waals surface area contributed by atoms with Crippen LogP contribution in [0.2, 0.25) is 0 Å². The van der Waals surface area contributed by atoms with Crippen LogP contribution in [0.3, 0.4) is 0 Å². The molecule has 0 saturated heterocycles. The van der Waals surface area contributed by atoms with E-state index >= 15 is 0 Å². The number of halogens is 2. The number of alkyl halides is 2. The van der Waals surface area contributed by atoms with Crippen molar-refractivity contribution in [3.63, 3.8) is 0 Å². The molecule has 0 rings (SSSR count). The largest absolute Gasteiger partial charge is 0.351 e. The third-order valence-electron chi connectivity index (χ3n) is 1.21. The van der Waals surface area contributed by atoms with Crippen molar-refractivity contribution >= 4 is 39.5 Å². The molecule has 6 heteroatoms. The number of allylic oxidation sites excluding steroid dienone is 2. The molecule has 0 aromatic carbocycles. The first-order valence-corrected chi connectivity index (χ1v) is 7.25. The monoisotopic (exact) mass is 320 g/mol. The van der Waals surface area contributed by atoms with Crippen LogP contribution in [0.5, 0.6) is 0 Å². The van der Waals surface area contributed by atoms with Gasteiger partial charge in [-0.25, -0.2) is 0 Å². The Bertz CT molecular complexity index is 199. The van der Waals surface area contributed by atoms with Crippen LogP contribution < -0.4 is 0 Å². The molecule has 0 atom stereocenters. The Kier molecular flexibility index (Phi) is 6.77. The van der Waals surface area contributed by atoms with Gasteiger partial charge in [-0.2, -0.15) is 0 Å². The summed E-state index contributed by atoms with van der Waals surface area (Å²) in [4.78, 5) is 17.7. The Morgan fingerprint density at radius 1 is 1.33 bits per heavy atom. The molecule has 0 aliphatic heterocycles. The Morgan fingerprint density at radius 2 is 1.92 bits per heavy atom. The lowest BCUT2D eigenvalue weighted by Crippen LogP contribution is -1.88. The molecule has 0 aromatic rings. The molecule has 12 heavy (non-hydrogen) atoms. The van der Waals surface area contributed by atoms with Gasteiger partial charge in [0.25, 0.3) is 0 Å². The molecule has 3 nitrogen and oxygen atoms in total. The standard InChI is InChI=1S/C6H11Br2O3P/c7-4-1-2-6(3-5-8)12(9,10)11/h2H,1,3-5H2,(H2,9,10,11)/b6-2-. The molecule has 0 saturated carbocycles. The highest BCUT2D eigenvalue weighted by atomic mass is 79.9. The maximum Gasteiger partial charge on any atom is 0.351 e. The van der Waals surface area contributed by atoms with Crippen molar-refractivity contribution in [3.05, 3.63) is 11.4 Å². The second-order valence-corrected chi connectivity index (χ2v) is 5.40. The summed E-state index contributed by atoms with van der Waals surface area (Å²) in [7, 11) is -4.01. The fraction of sp³-hybridized carbons (Fsp3) is 0.667. The Morgan fingerprint density at radius 3 is 2.25 bits per heavy atom. The van der Waals surface area contributed by atoms with E-state index in [1.165, 1.54) is 0 Å². The third-order valence-corrected chi connectivity index (χ3v) is 3.22. The average molecular weight is 322 g/mol. The van der Waals surface area contributed by atoms with Gasteiger partial charge in [-0.05, 0) is 12.8 Å². The second-order valence-electron chi connectivity index (χ2n) is 2.16. The lowest BCUT2D eigenvalue weighted by atomic mass is 10.3. The maximum absolute atomic E-state index is 10.8. The Labute approximate surface area is 88.7 Å². The highest BCUT2D eigenvalue weighted by Gasteiger charge is 2.18. The van der Waals surface area contributed by atoms with Gasteiger partial charge in [0.05, 0.1) is 0 Å². The van der Waals surface area contributed by atoms with Gasteiger partial charge in [0.15, 0.2) is 0 Å². The van der Waals surface area contributed by atoms with E-state index in [1.807, 2.05) is 0 Å². The topological polar surface area (TPSA) is 57.5 Å². The summed E-state index contributed by atoms with van der Waals surface area (Å²) in [6.07, 6.45) is 2.64. The lowest BCUT2D eigenvalue weighted by Gasteiger charge is -2.06. The first kappa shape index (κ1) is 12.8. The molecule has 72 valence electrons. The van der Waals surface area contributed by atoms with Gasteiger partial charge in [-0.15, -0.1) is 0 Å². The molecule has 0 unspecified atom stereocenters. The molecule has 0 aliphatic carbocycles. The molecule has 0 heterocycles. The zero-order chi connectivity index (χ0) is 9.61. The van der Waals surface area contributed by atoms with Crippen molar-refractivity contribution in [2.24, 2.45) is 0 Å². The highest BCUT2D eigenvalue weighted by Crippen LogP contribution is 2.46. The molecular formula is C6H11Br2O3P. The van der Waals surface area contributed by atoms with Crippen LogP contribution in [-0.4, -0.2) is 20.4 Å². The normalized spacial score (nSPS) is 13.5. The molecule has 0 fully saturated rings. The Balaban J connectivity index is 4.33. The maximum atomic E-state index is 10.8. The average Bonchev–Trinajstić information content (AvgIpc) is 1.95. The molecule has 0 aliphatic rings.